The van der Waals surface area contributed by atoms with E-state index < -0.39 is 0 Å². The first-order chi connectivity index (χ1) is 13.9. The molecule has 1 aromatic heterocycles. The summed E-state index contributed by atoms with van der Waals surface area (Å²) in [6.45, 7) is 5.86. The molecule has 0 spiro atoms. The first-order valence-electron chi connectivity index (χ1n) is 9.49. The highest BCUT2D eigenvalue weighted by molar-refractivity contribution is 5.97. The third kappa shape index (κ3) is 4.74. The molecular formula is C22H25N3O4. The number of nitrogens with zero attached hydrogens (tertiary/aromatic N) is 2. The van der Waals surface area contributed by atoms with E-state index in [0.29, 0.717) is 22.4 Å². The average Bonchev–Trinajstić information content (AvgIpc) is 2.69. The maximum atomic E-state index is 12.8. The lowest BCUT2D eigenvalue weighted by atomic mass is 10.1. The van der Waals surface area contributed by atoms with Crippen molar-refractivity contribution >= 4 is 16.7 Å². The minimum absolute atomic E-state index is 0.0912. The predicted octanol–water partition coefficient (Wildman–Crippen LogP) is 3.01. The summed E-state index contributed by atoms with van der Waals surface area (Å²) in [5.74, 6) is 0.770. The standard InChI is InChI=1S/C22H25N3O4/c1-14(2)29-20-11-17(28-4)9-10-19(20)21(26)24-15(3)13-25-22(27)18-8-6-5-7-16(18)12-23-25/h5-12,14-15H,13H2,1-4H3,(H,24,26)/t15-/m0/s1. The topological polar surface area (TPSA) is 82.5 Å². The lowest BCUT2D eigenvalue weighted by Gasteiger charge is -2.18. The van der Waals surface area contributed by atoms with Crippen LogP contribution in [0.3, 0.4) is 0 Å². The molecule has 1 atom stereocenters. The second kappa shape index (κ2) is 8.77. The van der Waals surface area contributed by atoms with Crippen LogP contribution in [0, 0.1) is 0 Å². The van der Waals surface area contributed by atoms with Gasteiger partial charge in [-0.15, -0.1) is 0 Å². The van der Waals surface area contributed by atoms with Gasteiger partial charge in [0, 0.05) is 17.5 Å². The number of fused-ring (bicyclic) bond motifs is 1. The minimum Gasteiger partial charge on any atom is -0.497 e. The van der Waals surface area contributed by atoms with Gasteiger partial charge in [-0.1, -0.05) is 18.2 Å². The molecule has 0 bridgehead atoms. The molecule has 0 unspecified atom stereocenters. The summed E-state index contributed by atoms with van der Waals surface area (Å²) < 4.78 is 12.4. The Morgan fingerprint density at radius 2 is 1.93 bits per heavy atom. The number of rotatable bonds is 7. The van der Waals surface area contributed by atoms with Crippen LogP contribution in [-0.4, -0.2) is 34.9 Å². The lowest BCUT2D eigenvalue weighted by molar-refractivity contribution is 0.0929. The van der Waals surface area contributed by atoms with Crippen molar-refractivity contribution in [3.8, 4) is 11.5 Å². The van der Waals surface area contributed by atoms with Crippen LogP contribution in [0.1, 0.15) is 31.1 Å². The minimum atomic E-state index is -0.317. The zero-order valence-electron chi connectivity index (χ0n) is 17.0. The van der Waals surface area contributed by atoms with Gasteiger partial charge in [0.25, 0.3) is 11.5 Å². The van der Waals surface area contributed by atoms with Gasteiger partial charge in [-0.3, -0.25) is 9.59 Å². The van der Waals surface area contributed by atoms with Crippen molar-refractivity contribution in [2.75, 3.05) is 7.11 Å². The Morgan fingerprint density at radius 3 is 2.66 bits per heavy atom. The SMILES string of the molecule is COc1ccc(C(=O)N[C@@H](C)Cn2ncc3ccccc3c2=O)c(OC(C)C)c1. The molecule has 7 heteroatoms. The molecule has 3 aromatic rings. The molecule has 0 radical (unpaired) electrons. The Hall–Kier alpha value is -3.35. The molecule has 0 saturated carbocycles. The number of hydrogen-bond donors (Lipinski definition) is 1. The molecule has 0 fully saturated rings. The quantitative estimate of drug-likeness (QED) is 0.665. The van der Waals surface area contributed by atoms with Crippen LogP contribution in [0.2, 0.25) is 0 Å². The monoisotopic (exact) mass is 395 g/mol. The maximum Gasteiger partial charge on any atom is 0.274 e. The normalized spacial score (nSPS) is 12.0. The van der Waals surface area contributed by atoms with Gasteiger partial charge in [-0.2, -0.15) is 5.10 Å². The zero-order valence-corrected chi connectivity index (χ0v) is 17.0. The van der Waals surface area contributed by atoms with Crippen molar-refractivity contribution in [3.05, 3.63) is 64.6 Å². The van der Waals surface area contributed by atoms with E-state index in [9.17, 15) is 9.59 Å². The van der Waals surface area contributed by atoms with Crippen LogP contribution in [0.25, 0.3) is 10.8 Å². The molecule has 1 N–H and O–H groups in total. The van der Waals surface area contributed by atoms with Crippen LogP contribution >= 0.6 is 0 Å². The van der Waals surface area contributed by atoms with Gasteiger partial charge in [0.05, 0.1) is 36.9 Å². The number of amides is 1. The smallest absolute Gasteiger partial charge is 0.274 e. The second-order valence-electron chi connectivity index (χ2n) is 7.12. The number of ether oxygens (including phenoxy) is 2. The van der Waals surface area contributed by atoms with E-state index >= 15 is 0 Å². The molecule has 1 heterocycles. The summed E-state index contributed by atoms with van der Waals surface area (Å²) in [5.41, 5.74) is 0.225. The summed E-state index contributed by atoms with van der Waals surface area (Å²) in [6, 6.07) is 12.0. The summed E-state index contributed by atoms with van der Waals surface area (Å²) in [5, 5.41) is 8.52. The first-order valence-corrected chi connectivity index (χ1v) is 9.49. The van der Waals surface area contributed by atoms with Crippen molar-refractivity contribution < 1.29 is 14.3 Å². The van der Waals surface area contributed by atoms with Crippen molar-refractivity contribution in [1.29, 1.82) is 0 Å². The highest BCUT2D eigenvalue weighted by atomic mass is 16.5. The van der Waals surface area contributed by atoms with Crippen molar-refractivity contribution in [2.24, 2.45) is 0 Å². The summed E-state index contributed by atoms with van der Waals surface area (Å²) in [7, 11) is 1.56. The maximum absolute atomic E-state index is 12.8. The number of benzene rings is 2. The van der Waals surface area contributed by atoms with Crippen LogP contribution in [0.4, 0.5) is 0 Å². The van der Waals surface area contributed by atoms with E-state index in [1.807, 2.05) is 39.0 Å². The summed E-state index contributed by atoms with van der Waals surface area (Å²) >= 11 is 0. The summed E-state index contributed by atoms with van der Waals surface area (Å²) in [4.78, 5) is 25.4. The van der Waals surface area contributed by atoms with Gasteiger partial charge in [-0.25, -0.2) is 4.68 Å². The molecule has 29 heavy (non-hydrogen) atoms. The van der Waals surface area contributed by atoms with Crippen LogP contribution in [0.15, 0.2) is 53.5 Å². The molecule has 1 amide bonds. The van der Waals surface area contributed by atoms with E-state index in [-0.39, 0.29) is 30.2 Å². The number of carbonyl (C=O) groups excluding carboxylic acids is 1. The number of nitrogens with one attached hydrogen (secondary N) is 1. The van der Waals surface area contributed by atoms with Crippen molar-refractivity contribution in [3.63, 3.8) is 0 Å². The molecule has 0 saturated heterocycles. The van der Waals surface area contributed by atoms with Crippen LogP contribution in [-0.2, 0) is 6.54 Å². The lowest BCUT2D eigenvalue weighted by Crippen LogP contribution is -2.39. The van der Waals surface area contributed by atoms with Gasteiger partial charge in [0.1, 0.15) is 11.5 Å². The molecule has 152 valence electrons. The van der Waals surface area contributed by atoms with Gasteiger partial charge < -0.3 is 14.8 Å². The Labute approximate surface area is 169 Å². The van der Waals surface area contributed by atoms with Gasteiger partial charge in [-0.05, 0) is 39.0 Å². The van der Waals surface area contributed by atoms with E-state index in [2.05, 4.69) is 10.4 Å². The van der Waals surface area contributed by atoms with Crippen LogP contribution in [0.5, 0.6) is 11.5 Å². The summed E-state index contributed by atoms with van der Waals surface area (Å²) in [6.07, 6.45) is 1.56. The van der Waals surface area contributed by atoms with Crippen molar-refractivity contribution in [2.45, 2.75) is 39.5 Å². The molecule has 0 aliphatic heterocycles. The van der Waals surface area contributed by atoms with E-state index in [1.54, 1.807) is 37.6 Å². The average molecular weight is 395 g/mol. The molecule has 0 aliphatic carbocycles. The number of carbonyl (C=O) groups is 1. The zero-order chi connectivity index (χ0) is 21.0. The van der Waals surface area contributed by atoms with Gasteiger partial charge in [0.15, 0.2) is 0 Å². The van der Waals surface area contributed by atoms with Gasteiger partial charge in [0.2, 0.25) is 0 Å². The Kier molecular flexibility index (Phi) is 6.16. The predicted molar refractivity (Wildman–Crippen MR) is 112 cm³/mol. The molecule has 0 aliphatic rings. The van der Waals surface area contributed by atoms with E-state index in [1.165, 1.54) is 4.68 Å². The fraction of sp³-hybridized carbons (Fsp3) is 0.318. The van der Waals surface area contributed by atoms with E-state index in [4.69, 9.17) is 9.47 Å². The Bertz CT molecular complexity index is 1080. The number of methoxy groups -OCH3 is 1. The van der Waals surface area contributed by atoms with Gasteiger partial charge >= 0.3 is 0 Å². The molecular weight excluding hydrogens is 370 g/mol. The molecule has 2 aromatic carbocycles. The number of aromatic nitrogens is 2. The second-order valence-corrected chi connectivity index (χ2v) is 7.12. The molecule has 3 rings (SSSR count). The van der Waals surface area contributed by atoms with Crippen molar-refractivity contribution in [1.82, 2.24) is 15.1 Å². The fourth-order valence-corrected chi connectivity index (χ4v) is 3.03. The Morgan fingerprint density at radius 1 is 1.17 bits per heavy atom. The highest BCUT2D eigenvalue weighted by Crippen LogP contribution is 2.26. The molecule has 7 nitrogen and oxygen atoms in total. The first kappa shape index (κ1) is 20.4. The van der Waals surface area contributed by atoms with E-state index in [0.717, 1.165) is 5.39 Å². The highest BCUT2D eigenvalue weighted by Gasteiger charge is 2.18. The Balaban J connectivity index is 1.77. The number of hydrogen-bond acceptors (Lipinski definition) is 5. The largest absolute Gasteiger partial charge is 0.497 e. The third-order valence-corrected chi connectivity index (χ3v) is 4.38. The third-order valence-electron chi connectivity index (χ3n) is 4.38. The fourth-order valence-electron chi connectivity index (χ4n) is 3.03. The van der Waals surface area contributed by atoms with Crippen LogP contribution < -0.4 is 20.3 Å².